The minimum absolute atomic E-state index is 0.765. The molecule has 1 saturated carbocycles. The Labute approximate surface area is 132 Å². The predicted molar refractivity (Wildman–Crippen MR) is 90.5 cm³/mol. The van der Waals surface area contributed by atoms with Crippen LogP contribution in [0.3, 0.4) is 0 Å². The van der Waals surface area contributed by atoms with Crippen molar-refractivity contribution in [3.05, 3.63) is 0 Å². The van der Waals surface area contributed by atoms with Crippen molar-refractivity contribution in [3.8, 4) is 0 Å². The molecule has 2 heteroatoms. The lowest BCUT2D eigenvalue weighted by atomic mass is 9.72. The van der Waals surface area contributed by atoms with Crippen molar-refractivity contribution in [2.24, 2.45) is 17.8 Å². The highest BCUT2D eigenvalue weighted by Gasteiger charge is 2.46. The van der Waals surface area contributed by atoms with E-state index in [2.05, 4.69) is 37.5 Å². The summed E-state index contributed by atoms with van der Waals surface area (Å²) in [5, 5.41) is 0. The minimum Gasteiger partial charge on any atom is -0.303 e. The summed E-state index contributed by atoms with van der Waals surface area (Å²) < 4.78 is 0. The molecule has 4 fully saturated rings. The van der Waals surface area contributed by atoms with Gasteiger partial charge in [-0.2, -0.15) is 0 Å². The van der Waals surface area contributed by atoms with Crippen molar-refractivity contribution in [2.45, 2.75) is 84.3 Å². The van der Waals surface area contributed by atoms with Gasteiger partial charge < -0.3 is 4.90 Å². The van der Waals surface area contributed by atoms with Gasteiger partial charge in [0.15, 0.2) is 0 Å². The van der Waals surface area contributed by atoms with Crippen molar-refractivity contribution >= 4 is 0 Å². The van der Waals surface area contributed by atoms with Gasteiger partial charge in [0.1, 0.15) is 0 Å². The molecule has 3 unspecified atom stereocenters. The van der Waals surface area contributed by atoms with Gasteiger partial charge in [-0.3, -0.25) is 4.90 Å². The van der Waals surface area contributed by atoms with Crippen LogP contribution < -0.4 is 0 Å². The monoisotopic (exact) mass is 292 g/mol. The first-order valence-corrected chi connectivity index (χ1v) is 9.58. The molecule has 0 aromatic heterocycles. The Kier molecular flexibility index (Phi) is 4.95. The third-order valence-corrected chi connectivity index (χ3v) is 6.79. The van der Waals surface area contributed by atoms with Crippen molar-refractivity contribution in [1.29, 1.82) is 0 Å². The van der Waals surface area contributed by atoms with Crippen LogP contribution in [0.25, 0.3) is 0 Å². The molecule has 3 aliphatic heterocycles. The van der Waals surface area contributed by atoms with Crippen LogP contribution in [0.15, 0.2) is 0 Å². The molecule has 0 aromatic carbocycles. The summed E-state index contributed by atoms with van der Waals surface area (Å²) in [6.45, 7) is 13.7. The third-order valence-electron chi connectivity index (χ3n) is 6.79. The number of piperidine rings is 2. The smallest absolute Gasteiger partial charge is 0.0119 e. The van der Waals surface area contributed by atoms with Gasteiger partial charge in [-0.15, -0.1) is 0 Å². The number of rotatable bonds is 5. The second kappa shape index (κ2) is 6.58. The summed E-state index contributed by atoms with van der Waals surface area (Å²) in [5.74, 6) is 2.93. The fourth-order valence-electron chi connectivity index (χ4n) is 5.41. The van der Waals surface area contributed by atoms with E-state index >= 15 is 0 Å². The van der Waals surface area contributed by atoms with Crippen molar-refractivity contribution in [3.63, 3.8) is 0 Å². The van der Waals surface area contributed by atoms with Crippen LogP contribution in [0.1, 0.15) is 66.2 Å². The van der Waals surface area contributed by atoms with Gasteiger partial charge in [0.25, 0.3) is 0 Å². The van der Waals surface area contributed by atoms with Gasteiger partial charge in [-0.25, -0.2) is 0 Å². The van der Waals surface area contributed by atoms with E-state index in [-0.39, 0.29) is 0 Å². The molecule has 122 valence electrons. The minimum atomic E-state index is 0.765. The number of fused-ring (bicyclic) bond motifs is 2. The van der Waals surface area contributed by atoms with Crippen molar-refractivity contribution in [1.82, 2.24) is 9.80 Å². The lowest BCUT2D eigenvalue weighted by Crippen LogP contribution is -2.63. The van der Waals surface area contributed by atoms with E-state index in [0.29, 0.717) is 0 Å². The number of likely N-dealkylation sites (tertiary alicyclic amines) is 1. The lowest BCUT2D eigenvalue weighted by molar-refractivity contribution is -0.0790. The molecule has 2 bridgehead atoms. The molecule has 3 saturated heterocycles. The molecule has 3 heterocycles. The zero-order valence-electron chi connectivity index (χ0n) is 14.7. The zero-order chi connectivity index (χ0) is 15.0. The van der Waals surface area contributed by atoms with Crippen LogP contribution in [0.4, 0.5) is 0 Å². The summed E-state index contributed by atoms with van der Waals surface area (Å²) >= 11 is 0. The molecule has 2 nitrogen and oxygen atoms in total. The van der Waals surface area contributed by atoms with Gasteiger partial charge in [0, 0.05) is 24.7 Å². The standard InChI is InChI=1S/C19H36N2/c1-5-15(4)17-6-8-20(9-7-17)13-16-10-18-12-19(11-16)21(18)14(2)3/h14-19H,5-13H2,1-4H3. The molecule has 0 N–H and O–H groups in total. The van der Waals surface area contributed by atoms with Crippen LogP contribution in [-0.2, 0) is 0 Å². The van der Waals surface area contributed by atoms with Gasteiger partial charge >= 0.3 is 0 Å². The summed E-state index contributed by atoms with van der Waals surface area (Å²) in [4.78, 5) is 5.57. The molecule has 4 aliphatic rings. The Bertz CT molecular complexity index is 320. The fourth-order valence-corrected chi connectivity index (χ4v) is 5.41. The second-order valence-corrected chi connectivity index (χ2v) is 8.45. The van der Waals surface area contributed by atoms with Gasteiger partial charge in [0.2, 0.25) is 0 Å². The average Bonchev–Trinajstić information content (AvgIpc) is 2.46. The van der Waals surface area contributed by atoms with Gasteiger partial charge in [-0.05, 0) is 76.8 Å². The molecular weight excluding hydrogens is 256 g/mol. The van der Waals surface area contributed by atoms with Crippen LogP contribution in [0, 0.1) is 17.8 Å². The second-order valence-electron chi connectivity index (χ2n) is 8.45. The van der Waals surface area contributed by atoms with Crippen LogP contribution in [0.5, 0.6) is 0 Å². The molecule has 0 aromatic rings. The Morgan fingerprint density at radius 1 is 0.952 bits per heavy atom. The van der Waals surface area contributed by atoms with E-state index in [4.69, 9.17) is 0 Å². The maximum Gasteiger partial charge on any atom is 0.0119 e. The molecule has 0 spiro atoms. The van der Waals surface area contributed by atoms with E-state index < -0.39 is 0 Å². The van der Waals surface area contributed by atoms with E-state index in [1.807, 2.05) is 0 Å². The molecule has 3 atom stereocenters. The fraction of sp³-hybridized carbons (Fsp3) is 1.00. The maximum absolute atomic E-state index is 2.79. The SMILES string of the molecule is CCC(C)C1CCN(CC2CC3CC(C2)N3C(C)C)CC1. The normalized spacial score (nSPS) is 36.7. The summed E-state index contributed by atoms with van der Waals surface area (Å²) in [6, 6.07) is 2.61. The summed E-state index contributed by atoms with van der Waals surface area (Å²) in [6.07, 6.45) is 8.70. The predicted octanol–water partition coefficient (Wildman–Crippen LogP) is 4.01. The molecule has 0 amide bonds. The molecule has 1 aliphatic carbocycles. The van der Waals surface area contributed by atoms with Gasteiger partial charge in [-0.1, -0.05) is 20.3 Å². The molecule has 21 heavy (non-hydrogen) atoms. The highest BCUT2D eigenvalue weighted by atomic mass is 15.3. The zero-order valence-corrected chi connectivity index (χ0v) is 14.7. The van der Waals surface area contributed by atoms with Crippen LogP contribution >= 0.6 is 0 Å². The molecular formula is C19H36N2. The molecule has 4 rings (SSSR count). The molecule has 0 radical (unpaired) electrons. The largest absolute Gasteiger partial charge is 0.303 e. The lowest BCUT2D eigenvalue weighted by Gasteiger charge is -2.58. The van der Waals surface area contributed by atoms with Crippen LogP contribution in [0.2, 0.25) is 0 Å². The summed E-state index contributed by atoms with van der Waals surface area (Å²) in [5.41, 5.74) is 0. The first-order valence-electron chi connectivity index (χ1n) is 9.58. The summed E-state index contributed by atoms with van der Waals surface area (Å²) in [7, 11) is 0. The number of nitrogens with zero attached hydrogens (tertiary/aromatic N) is 2. The highest BCUT2D eigenvalue weighted by molar-refractivity contribution is 5.01. The van der Waals surface area contributed by atoms with E-state index in [1.54, 1.807) is 0 Å². The highest BCUT2D eigenvalue weighted by Crippen LogP contribution is 2.43. The maximum atomic E-state index is 2.79. The number of hydrogen-bond acceptors (Lipinski definition) is 2. The van der Waals surface area contributed by atoms with Crippen molar-refractivity contribution < 1.29 is 0 Å². The Morgan fingerprint density at radius 2 is 1.57 bits per heavy atom. The van der Waals surface area contributed by atoms with E-state index in [1.165, 1.54) is 58.2 Å². The average molecular weight is 293 g/mol. The first-order chi connectivity index (χ1) is 10.1. The quantitative estimate of drug-likeness (QED) is 0.755. The Morgan fingerprint density at radius 3 is 2.10 bits per heavy atom. The van der Waals surface area contributed by atoms with E-state index in [9.17, 15) is 0 Å². The number of hydrogen-bond donors (Lipinski definition) is 0. The van der Waals surface area contributed by atoms with Crippen LogP contribution in [-0.4, -0.2) is 47.6 Å². The third kappa shape index (κ3) is 3.32. The first kappa shape index (κ1) is 15.8. The van der Waals surface area contributed by atoms with Crippen molar-refractivity contribution in [2.75, 3.05) is 19.6 Å². The van der Waals surface area contributed by atoms with E-state index in [0.717, 1.165) is 35.9 Å². The Hall–Kier alpha value is -0.0800. The van der Waals surface area contributed by atoms with Gasteiger partial charge in [0.05, 0.1) is 0 Å². The topological polar surface area (TPSA) is 6.48 Å². The Balaban J connectivity index is 1.41.